The maximum absolute atomic E-state index is 4.41. The van der Waals surface area contributed by atoms with Crippen molar-refractivity contribution in [1.29, 1.82) is 0 Å². The van der Waals surface area contributed by atoms with E-state index >= 15 is 0 Å². The van der Waals surface area contributed by atoms with Crippen molar-refractivity contribution in [3.63, 3.8) is 0 Å². The minimum absolute atomic E-state index is 1.03. The van der Waals surface area contributed by atoms with Crippen molar-refractivity contribution in [2.24, 2.45) is 0 Å². The Bertz CT molecular complexity index is 492. The monoisotopic (exact) mass is 256 g/mol. The van der Waals surface area contributed by atoms with Crippen LogP contribution in [0.25, 0.3) is 0 Å². The normalized spacial score (nSPS) is 16.5. The number of quaternary nitrogens is 1. The van der Waals surface area contributed by atoms with E-state index in [4.69, 9.17) is 0 Å². The average molecular weight is 256 g/mol. The van der Waals surface area contributed by atoms with Gasteiger partial charge in [-0.05, 0) is 18.2 Å². The highest BCUT2D eigenvalue weighted by atomic mass is 15.3. The Balaban J connectivity index is 1.55. The lowest BCUT2D eigenvalue weighted by Gasteiger charge is -2.28. The summed E-state index contributed by atoms with van der Waals surface area (Å²) in [5.74, 6) is 1.22. The molecule has 1 aliphatic rings. The van der Waals surface area contributed by atoms with Gasteiger partial charge < -0.3 is 4.90 Å². The molecule has 0 aromatic carbocycles. The fourth-order valence-electron chi connectivity index (χ4n) is 2.58. The molecule has 0 bridgehead atoms. The van der Waals surface area contributed by atoms with Gasteiger partial charge in [-0.2, -0.15) is 0 Å². The summed E-state index contributed by atoms with van der Waals surface area (Å²) in [6.07, 6.45) is 3.87. The standard InChI is InChI=1S/C15H18N4/c1-3-7-16-14(5-1)13-18-9-11-19(12-10-18)15-6-2-4-8-17-15/h1-8H,9-13H2/p+2. The van der Waals surface area contributed by atoms with E-state index in [1.54, 1.807) is 4.90 Å². The van der Waals surface area contributed by atoms with Crippen LogP contribution >= 0.6 is 0 Å². The molecule has 1 saturated heterocycles. The van der Waals surface area contributed by atoms with Crippen molar-refractivity contribution < 1.29 is 9.88 Å². The Morgan fingerprint density at radius 3 is 2.63 bits per heavy atom. The van der Waals surface area contributed by atoms with Gasteiger partial charge >= 0.3 is 0 Å². The molecule has 0 unspecified atom stereocenters. The van der Waals surface area contributed by atoms with Gasteiger partial charge in [-0.15, -0.1) is 0 Å². The van der Waals surface area contributed by atoms with Crippen LogP contribution in [-0.2, 0) is 6.54 Å². The van der Waals surface area contributed by atoms with Gasteiger partial charge in [0.25, 0.3) is 5.82 Å². The molecule has 1 aliphatic heterocycles. The van der Waals surface area contributed by atoms with E-state index in [-0.39, 0.29) is 0 Å². The van der Waals surface area contributed by atoms with Crippen LogP contribution in [0.3, 0.4) is 0 Å². The van der Waals surface area contributed by atoms with Crippen LogP contribution in [0.4, 0.5) is 5.82 Å². The van der Waals surface area contributed by atoms with Crippen molar-refractivity contribution in [3.05, 3.63) is 54.5 Å². The molecule has 0 aliphatic carbocycles. The van der Waals surface area contributed by atoms with E-state index in [1.165, 1.54) is 24.6 Å². The predicted octanol–water partition coefficient (Wildman–Crippen LogP) is -0.199. The maximum atomic E-state index is 4.41. The summed E-state index contributed by atoms with van der Waals surface area (Å²) in [7, 11) is 0. The zero-order valence-corrected chi connectivity index (χ0v) is 11.0. The number of pyridine rings is 2. The van der Waals surface area contributed by atoms with Crippen LogP contribution in [0.1, 0.15) is 5.69 Å². The molecule has 19 heavy (non-hydrogen) atoms. The summed E-state index contributed by atoms with van der Waals surface area (Å²) in [5, 5.41) is 0. The molecule has 2 N–H and O–H groups in total. The molecular formula is C15H20N4+2. The molecule has 4 nitrogen and oxygen atoms in total. The fourth-order valence-corrected chi connectivity index (χ4v) is 2.58. The fraction of sp³-hybridized carbons (Fsp3) is 0.333. The molecule has 0 radical (unpaired) electrons. The number of nitrogens with zero attached hydrogens (tertiary/aromatic N) is 2. The Morgan fingerprint density at radius 1 is 1.11 bits per heavy atom. The van der Waals surface area contributed by atoms with E-state index in [1.807, 2.05) is 24.5 Å². The number of H-pyrrole nitrogens is 1. The summed E-state index contributed by atoms with van der Waals surface area (Å²) < 4.78 is 0. The van der Waals surface area contributed by atoms with Crippen molar-refractivity contribution >= 4 is 5.82 Å². The number of anilines is 1. The summed E-state index contributed by atoms with van der Waals surface area (Å²) >= 11 is 0. The Hall–Kier alpha value is -1.94. The van der Waals surface area contributed by atoms with Crippen LogP contribution in [0.5, 0.6) is 0 Å². The number of nitrogens with one attached hydrogen (secondary N) is 2. The van der Waals surface area contributed by atoms with Crippen molar-refractivity contribution in [3.8, 4) is 0 Å². The van der Waals surface area contributed by atoms with E-state index in [0.29, 0.717) is 0 Å². The van der Waals surface area contributed by atoms with Crippen LogP contribution in [0.15, 0.2) is 48.8 Å². The van der Waals surface area contributed by atoms with Gasteiger partial charge in [-0.3, -0.25) is 9.88 Å². The lowest BCUT2D eigenvalue weighted by Crippen LogP contribution is -3.13. The van der Waals surface area contributed by atoms with Gasteiger partial charge in [0, 0.05) is 12.3 Å². The Kier molecular flexibility index (Phi) is 3.70. The van der Waals surface area contributed by atoms with Gasteiger partial charge in [0.2, 0.25) is 0 Å². The molecule has 4 heteroatoms. The number of rotatable bonds is 3. The van der Waals surface area contributed by atoms with Gasteiger partial charge in [0.15, 0.2) is 0 Å². The second kappa shape index (κ2) is 5.80. The number of hydrogen-bond donors (Lipinski definition) is 1. The summed E-state index contributed by atoms with van der Waals surface area (Å²) in [4.78, 5) is 11.8. The van der Waals surface area contributed by atoms with Gasteiger partial charge in [0.05, 0.1) is 11.9 Å². The van der Waals surface area contributed by atoms with Crippen LogP contribution in [-0.4, -0.2) is 31.2 Å². The second-order valence-corrected chi connectivity index (χ2v) is 4.98. The van der Waals surface area contributed by atoms with Crippen LogP contribution in [0.2, 0.25) is 0 Å². The third kappa shape index (κ3) is 3.09. The number of aromatic amines is 1. The highest BCUT2D eigenvalue weighted by molar-refractivity contribution is 5.31. The maximum Gasteiger partial charge on any atom is 0.274 e. The second-order valence-electron chi connectivity index (χ2n) is 4.98. The molecule has 3 heterocycles. The first-order valence-electron chi connectivity index (χ1n) is 6.87. The highest BCUT2D eigenvalue weighted by Gasteiger charge is 2.25. The summed E-state index contributed by atoms with van der Waals surface area (Å²) in [6, 6.07) is 12.4. The van der Waals surface area contributed by atoms with Gasteiger partial charge in [-0.25, -0.2) is 4.98 Å². The summed E-state index contributed by atoms with van der Waals surface area (Å²) in [5.41, 5.74) is 1.19. The number of hydrogen-bond acceptors (Lipinski definition) is 2. The van der Waals surface area contributed by atoms with Crippen molar-refractivity contribution in [2.75, 3.05) is 31.1 Å². The molecule has 1 fully saturated rings. The molecule has 98 valence electrons. The Morgan fingerprint density at radius 2 is 1.95 bits per heavy atom. The van der Waals surface area contributed by atoms with Gasteiger partial charge in [0.1, 0.15) is 32.7 Å². The highest BCUT2D eigenvalue weighted by Crippen LogP contribution is 2.04. The molecule has 0 atom stereocenters. The molecule has 0 saturated carbocycles. The zero-order chi connectivity index (χ0) is 12.9. The quantitative estimate of drug-likeness (QED) is 0.825. The minimum Gasteiger partial charge on any atom is -0.323 e. The van der Waals surface area contributed by atoms with E-state index in [9.17, 15) is 0 Å². The molecule has 0 spiro atoms. The average Bonchev–Trinajstić information content (AvgIpc) is 2.50. The summed E-state index contributed by atoms with van der Waals surface area (Å²) in [6.45, 7) is 5.57. The third-order valence-corrected chi connectivity index (χ3v) is 3.66. The smallest absolute Gasteiger partial charge is 0.274 e. The molecule has 3 rings (SSSR count). The first-order chi connectivity index (χ1) is 9.42. The number of aromatic nitrogens is 2. The zero-order valence-electron chi connectivity index (χ0n) is 11.0. The number of piperazine rings is 1. The minimum atomic E-state index is 1.03. The Labute approximate surface area is 113 Å². The lowest BCUT2D eigenvalue weighted by atomic mass is 10.2. The van der Waals surface area contributed by atoms with Crippen LogP contribution < -0.4 is 14.8 Å². The van der Waals surface area contributed by atoms with E-state index in [0.717, 1.165) is 19.6 Å². The van der Waals surface area contributed by atoms with Crippen LogP contribution in [0, 0.1) is 0 Å². The topological polar surface area (TPSA) is 34.7 Å². The first kappa shape index (κ1) is 12.1. The molecular weight excluding hydrogens is 236 g/mol. The lowest BCUT2D eigenvalue weighted by molar-refractivity contribution is -0.914. The molecule has 0 amide bonds. The molecule has 2 aromatic heterocycles. The van der Waals surface area contributed by atoms with Crippen molar-refractivity contribution in [2.45, 2.75) is 6.54 Å². The van der Waals surface area contributed by atoms with E-state index in [2.05, 4.69) is 39.1 Å². The largest absolute Gasteiger partial charge is 0.323 e. The van der Waals surface area contributed by atoms with Gasteiger partial charge in [-0.1, -0.05) is 12.1 Å². The molecule has 2 aromatic rings. The van der Waals surface area contributed by atoms with E-state index < -0.39 is 0 Å². The third-order valence-electron chi connectivity index (χ3n) is 3.66. The first-order valence-corrected chi connectivity index (χ1v) is 6.87. The van der Waals surface area contributed by atoms with Crippen molar-refractivity contribution in [1.82, 2.24) is 4.98 Å². The predicted molar refractivity (Wildman–Crippen MR) is 73.8 cm³/mol. The SMILES string of the molecule is c1ccc(C[NH+]2CCN(c3cccc[nH+]3)CC2)nc1.